The molecule has 2 rings (SSSR count). The quantitative estimate of drug-likeness (QED) is 0.791. The van der Waals surface area contributed by atoms with E-state index in [9.17, 15) is 0 Å². The normalized spacial score (nSPS) is 10.2. The van der Waals surface area contributed by atoms with Gasteiger partial charge in [-0.15, -0.1) is 0 Å². The van der Waals surface area contributed by atoms with E-state index in [4.69, 9.17) is 5.73 Å². The molecule has 0 saturated carbocycles. The SMILES string of the molecule is Cc1cnc(CNc2ccc(C)c(N)c2)cn1. The molecule has 4 heteroatoms. The van der Waals surface area contributed by atoms with Gasteiger partial charge in [-0.1, -0.05) is 6.07 Å². The number of nitrogens with two attached hydrogens (primary N) is 1. The van der Waals surface area contributed by atoms with E-state index in [1.807, 2.05) is 32.0 Å². The van der Waals surface area contributed by atoms with Crippen LogP contribution >= 0.6 is 0 Å². The lowest BCUT2D eigenvalue weighted by Crippen LogP contribution is -2.03. The fourth-order valence-corrected chi connectivity index (χ4v) is 1.45. The van der Waals surface area contributed by atoms with Crippen LogP contribution in [0.3, 0.4) is 0 Å². The van der Waals surface area contributed by atoms with Gasteiger partial charge in [0.05, 0.1) is 24.1 Å². The average Bonchev–Trinajstić information content (AvgIpc) is 2.33. The number of anilines is 2. The summed E-state index contributed by atoms with van der Waals surface area (Å²) in [5.74, 6) is 0. The molecule has 1 aromatic heterocycles. The van der Waals surface area contributed by atoms with E-state index in [-0.39, 0.29) is 0 Å². The van der Waals surface area contributed by atoms with Crippen LogP contribution in [0, 0.1) is 13.8 Å². The Morgan fingerprint density at radius 1 is 1.18 bits per heavy atom. The molecule has 0 bridgehead atoms. The van der Waals surface area contributed by atoms with Crippen LogP contribution in [0.2, 0.25) is 0 Å². The number of rotatable bonds is 3. The average molecular weight is 228 g/mol. The van der Waals surface area contributed by atoms with Crippen molar-refractivity contribution < 1.29 is 0 Å². The number of nitrogen functional groups attached to an aromatic ring is 1. The Labute approximate surface area is 101 Å². The van der Waals surface area contributed by atoms with Crippen molar-refractivity contribution in [1.29, 1.82) is 0 Å². The van der Waals surface area contributed by atoms with Crippen LogP contribution in [0.5, 0.6) is 0 Å². The Morgan fingerprint density at radius 3 is 2.65 bits per heavy atom. The zero-order valence-corrected chi connectivity index (χ0v) is 10.1. The van der Waals surface area contributed by atoms with Crippen molar-refractivity contribution in [3.05, 3.63) is 47.5 Å². The van der Waals surface area contributed by atoms with E-state index in [2.05, 4.69) is 15.3 Å². The van der Waals surface area contributed by atoms with Gasteiger partial charge in [-0.2, -0.15) is 0 Å². The maximum atomic E-state index is 5.84. The molecule has 1 aromatic carbocycles. The molecule has 88 valence electrons. The highest BCUT2D eigenvalue weighted by Gasteiger charge is 1.98. The van der Waals surface area contributed by atoms with Gasteiger partial charge in [-0.05, 0) is 31.5 Å². The van der Waals surface area contributed by atoms with E-state index in [0.29, 0.717) is 6.54 Å². The first kappa shape index (κ1) is 11.4. The van der Waals surface area contributed by atoms with Gasteiger partial charge in [0.2, 0.25) is 0 Å². The lowest BCUT2D eigenvalue weighted by Gasteiger charge is -2.08. The molecule has 0 aliphatic heterocycles. The first-order valence-electron chi connectivity index (χ1n) is 5.52. The molecule has 2 aromatic rings. The topological polar surface area (TPSA) is 63.8 Å². The van der Waals surface area contributed by atoms with Crippen molar-refractivity contribution in [2.75, 3.05) is 11.1 Å². The van der Waals surface area contributed by atoms with E-state index in [0.717, 1.165) is 28.3 Å². The smallest absolute Gasteiger partial charge is 0.0777 e. The number of aryl methyl sites for hydroxylation is 2. The minimum atomic E-state index is 0.649. The summed E-state index contributed by atoms with van der Waals surface area (Å²) in [5.41, 5.74) is 10.6. The maximum Gasteiger partial charge on any atom is 0.0777 e. The number of nitrogens with zero attached hydrogens (tertiary/aromatic N) is 2. The fraction of sp³-hybridized carbons (Fsp3) is 0.231. The molecule has 0 aliphatic rings. The van der Waals surface area contributed by atoms with Gasteiger partial charge < -0.3 is 11.1 Å². The second-order valence-corrected chi connectivity index (χ2v) is 4.07. The summed E-state index contributed by atoms with van der Waals surface area (Å²) in [6.07, 6.45) is 3.54. The third-order valence-corrected chi connectivity index (χ3v) is 2.59. The molecule has 0 atom stereocenters. The van der Waals surface area contributed by atoms with Crippen LogP contribution in [-0.2, 0) is 6.54 Å². The summed E-state index contributed by atoms with van der Waals surface area (Å²) in [6, 6.07) is 5.93. The van der Waals surface area contributed by atoms with Gasteiger partial charge in [0.25, 0.3) is 0 Å². The van der Waals surface area contributed by atoms with E-state index >= 15 is 0 Å². The summed E-state index contributed by atoms with van der Waals surface area (Å²) in [6.45, 7) is 4.56. The molecular formula is C13H16N4. The molecule has 0 fully saturated rings. The fourth-order valence-electron chi connectivity index (χ4n) is 1.45. The summed E-state index contributed by atoms with van der Waals surface area (Å²) in [4.78, 5) is 8.47. The van der Waals surface area contributed by atoms with Crippen molar-refractivity contribution in [1.82, 2.24) is 9.97 Å². The standard InChI is InChI=1S/C13H16N4/c1-9-3-4-11(5-13(9)14)17-8-12-7-15-10(2)6-16-12/h3-7,17H,8,14H2,1-2H3. The highest BCUT2D eigenvalue weighted by atomic mass is 14.9. The molecule has 17 heavy (non-hydrogen) atoms. The lowest BCUT2D eigenvalue weighted by atomic mass is 10.2. The predicted molar refractivity (Wildman–Crippen MR) is 69.7 cm³/mol. The van der Waals surface area contributed by atoms with Gasteiger partial charge in [-0.3, -0.25) is 9.97 Å². The van der Waals surface area contributed by atoms with Crippen LogP contribution in [0.15, 0.2) is 30.6 Å². The third-order valence-electron chi connectivity index (χ3n) is 2.59. The molecule has 0 unspecified atom stereocenters. The summed E-state index contributed by atoms with van der Waals surface area (Å²) in [7, 11) is 0. The highest BCUT2D eigenvalue weighted by Crippen LogP contribution is 2.17. The number of hydrogen-bond acceptors (Lipinski definition) is 4. The molecule has 0 aliphatic carbocycles. The first-order chi connectivity index (χ1) is 8.15. The van der Waals surface area contributed by atoms with Crippen LogP contribution < -0.4 is 11.1 Å². The maximum absolute atomic E-state index is 5.84. The van der Waals surface area contributed by atoms with Crippen molar-refractivity contribution in [2.45, 2.75) is 20.4 Å². The Kier molecular flexibility index (Phi) is 3.23. The Hall–Kier alpha value is -2.10. The number of hydrogen-bond donors (Lipinski definition) is 2. The largest absolute Gasteiger partial charge is 0.398 e. The summed E-state index contributed by atoms with van der Waals surface area (Å²) >= 11 is 0. The molecule has 4 nitrogen and oxygen atoms in total. The van der Waals surface area contributed by atoms with Crippen LogP contribution in [0.25, 0.3) is 0 Å². The molecule has 0 amide bonds. The van der Waals surface area contributed by atoms with Crippen molar-refractivity contribution >= 4 is 11.4 Å². The van der Waals surface area contributed by atoms with Crippen LogP contribution in [0.4, 0.5) is 11.4 Å². The van der Waals surface area contributed by atoms with E-state index in [1.54, 1.807) is 12.4 Å². The van der Waals surface area contributed by atoms with Gasteiger partial charge >= 0.3 is 0 Å². The van der Waals surface area contributed by atoms with Crippen LogP contribution in [-0.4, -0.2) is 9.97 Å². The molecule has 3 N–H and O–H groups in total. The van der Waals surface area contributed by atoms with E-state index < -0.39 is 0 Å². The second kappa shape index (κ2) is 4.82. The minimum Gasteiger partial charge on any atom is -0.398 e. The predicted octanol–water partition coefficient (Wildman–Crippen LogP) is 2.29. The first-order valence-corrected chi connectivity index (χ1v) is 5.52. The molecular weight excluding hydrogens is 212 g/mol. The summed E-state index contributed by atoms with van der Waals surface area (Å²) < 4.78 is 0. The molecule has 0 saturated heterocycles. The number of aromatic nitrogens is 2. The summed E-state index contributed by atoms with van der Waals surface area (Å²) in [5, 5.41) is 3.27. The monoisotopic (exact) mass is 228 g/mol. The van der Waals surface area contributed by atoms with Gasteiger partial charge in [0.15, 0.2) is 0 Å². The zero-order chi connectivity index (χ0) is 12.3. The Balaban J connectivity index is 2.02. The molecule has 0 spiro atoms. The highest BCUT2D eigenvalue weighted by molar-refractivity contribution is 5.58. The Morgan fingerprint density at radius 2 is 2.00 bits per heavy atom. The third kappa shape index (κ3) is 2.93. The van der Waals surface area contributed by atoms with Crippen molar-refractivity contribution in [3.8, 4) is 0 Å². The second-order valence-electron chi connectivity index (χ2n) is 4.07. The molecule has 1 heterocycles. The zero-order valence-electron chi connectivity index (χ0n) is 10.1. The number of benzene rings is 1. The van der Waals surface area contributed by atoms with Crippen LogP contribution in [0.1, 0.15) is 17.0 Å². The number of nitrogens with one attached hydrogen (secondary N) is 1. The van der Waals surface area contributed by atoms with Gasteiger partial charge in [-0.25, -0.2) is 0 Å². The van der Waals surface area contributed by atoms with Gasteiger partial charge in [0, 0.05) is 17.6 Å². The van der Waals surface area contributed by atoms with Gasteiger partial charge in [0.1, 0.15) is 0 Å². The molecule has 0 radical (unpaired) electrons. The minimum absolute atomic E-state index is 0.649. The van der Waals surface area contributed by atoms with Crippen molar-refractivity contribution in [3.63, 3.8) is 0 Å². The Bertz CT molecular complexity index is 505. The van der Waals surface area contributed by atoms with Crippen molar-refractivity contribution in [2.24, 2.45) is 0 Å². The lowest BCUT2D eigenvalue weighted by molar-refractivity contribution is 0.984. The van der Waals surface area contributed by atoms with E-state index in [1.165, 1.54) is 0 Å².